The van der Waals surface area contributed by atoms with Gasteiger partial charge < -0.3 is 0 Å². The van der Waals surface area contributed by atoms with E-state index in [9.17, 15) is 19.7 Å². The Kier molecular flexibility index (Phi) is 8.03. The molecular weight excluding hydrogens is 546 g/mol. The molecule has 0 aliphatic rings. The summed E-state index contributed by atoms with van der Waals surface area (Å²) in [5, 5.41) is 15.8. The summed E-state index contributed by atoms with van der Waals surface area (Å²) in [5.41, 5.74) is 3.73. The standard InChI is InChI=1S/C25H18BrN5O4S/c26-18-11-13-19(14-12-18)30-24(33)20-8-2-3-9-21(20)28-25(30)36-16-23(32)29-27-15-5-7-17-6-1-4-10-22(17)31(34)35/h1-15H,16H2,(H,29,32)/b7-5-,27-15-. The van der Waals surface area contributed by atoms with Crippen LogP contribution in [0, 0.1) is 10.1 Å². The van der Waals surface area contributed by atoms with Crippen LogP contribution in [-0.2, 0) is 4.79 Å². The van der Waals surface area contributed by atoms with Crippen LogP contribution in [0.2, 0.25) is 0 Å². The van der Waals surface area contributed by atoms with Crippen molar-refractivity contribution < 1.29 is 9.72 Å². The van der Waals surface area contributed by atoms with E-state index in [4.69, 9.17) is 0 Å². The number of aromatic nitrogens is 2. The zero-order valence-electron chi connectivity index (χ0n) is 18.6. The lowest BCUT2D eigenvalue weighted by Gasteiger charge is -2.13. The second kappa shape index (κ2) is 11.6. The van der Waals surface area contributed by atoms with Crippen molar-refractivity contribution in [2.24, 2.45) is 5.10 Å². The van der Waals surface area contributed by atoms with E-state index in [1.807, 2.05) is 12.1 Å². The molecule has 4 rings (SSSR count). The van der Waals surface area contributed by atoms with E-state index in [0.29, 0.717) is 27.3 Å². The molecule has 0 bridgehead atoms. The SMILES string of the molecule is O=C(CSc1nc2ccccc2c(=O)n1-c1ccc(Br)cc1)N/N=C\C=C/c1ccccc1[N+](=O)[O-]. The Morgan fingerprint density at radius 3 is 2.61 bits per heavy atom. The van der Waals surface area contributed by atoms with Gasteiger partial charge in [0.05, 0.1) is 32.8 Å². The molecule has 11 heteroatoms. The van der Waals surface area contributed by atoms with Gasteiger partial charge in [-0.1, -0.05) is 52.0 Å². The summed E-state index contributed by atoms with van der Waals surface area (Å²) >= 11 is 4.50. The molecule has 0 saturated carbocycles. The van der Waals surface area contributed by atoms with Crippen LogP contribution in [0.15, 0.2) is 98.4 Å². The summed E-state index contributed by atoms with van der Waals surface area (Å²) in [5.74, 6) is -0.438. The van der Waals surface area contributed by atoms with Gasteiger partial charge >= 0.3 is 0 Å². The minimum Gasteiger partial charge on any atom is -0.272 e. The second-order valence-electron chi connectivity index (χ2n) is 7.31. The smallest absolute Gasteiger partial charge is 0.272 e. The van der Waals surface area contributed by atoms with E-state index >= 15 is 0 Å². The normalized spacial score (nSPS) is 11.4. The summed E-state index contributed by atoms with van der Waals surface area (Å²) < 4.78 is 2.35. The maximum atomic E-state index is 13.2. The third-order valence-corrected chi connectivity index (χ3v) is 6.39. The number of nitro benzene ring substituents is 1. The number of benzene rings is 3. The van der Waals surface area contributed by atoms with Gasteiger partial charge in [-0.15, -0.1) is 0 Å². The number of allylic oxidation sites excluding steroid dienone is 1. The van der Waals surface area contributed by atoms with Crippen LogP contribution in [0.5, 0.6) is 0 Å². The van der Waals surface area contributed by atoms with Crippen LogP contribution in [0.3, 0.4) is 0 Å². The average molecular weight is 564 g/mol. The quantitative estimate of drug-likeness (QED) is 0.106. The Balaban J connectivity index is 1.47. The third kappa shape index (κ3) is 5.93. The molecule has 0 fully saturated rings. The number of nitrogens with zero attached hydrogens (tertiary/aromatic N) is 4. The number of rotatable bonds is 8. The minimum atomic E-state index is -0.468. The summed E-state index contributed by atoms with van der Waals surface area (Å²) in [6, 6.07) is 20.6. The first-order valence-electron chi connectivity index (χ1n) is 10.6. The fourth-order valence-electron chi connectivity index (χ4n) is 3.28. The molecule has 9 nitrogen and oxygen atoms in total. The fraction of sp³-hybridized carbons (Fsp3) is 0.0400. The number of carbonyl (C=O) groups is 1. The van der Waals surface area contributed by atoms with Crippen molar-refractivity contribution in [3.8, 4) is 5.69 Å². The molecule has 0 saturated heterocycles. The number of nitrogens with one attached hydrogen (secondary N) is 1. The number of hydrazone groups is 1. The summed E-state index contributed by atoms with van der Waals surface area (Å²) in [6.07, 6.45) is 4.34. The van der Waals surface area contributed by atoms with Crippen LogP contribution in [0.4, 0.5) is 5.69 Å². The van der Waals surface area contributed by atoms with Crippen molar-refractivity contribution >= 4 is 62.5 Å². The molecule has 0 unspecified atom stereocenters. The highest BCUT2D eigenvalue weighted by Gasteiger charge is 2.15. The fourth-order valence-corrected chi connectivity index (χ4v) is 4.35. The van der Waals surface area contributed by atoms with E-state index in [0.717, 1.165) is 16.2 Å². The van der Waals surface area contributed by atoms with Crippen molar-refractivity contribution in [3.63, 3.8) is 0 Å². The molecule has 180 valence electrons. The number of hydrogen-bond acceptors (Lipinski definition) is 7. The molecule has 1 heterocycles. The van der Waals surface area contributed by atoms with Gasteiger partial charge in [-0.3, -0.25) is 24.3 Å². The summed E-state index contributed by atoms with van der Waals surface area (Å²) in [4.78, 5) is 40.8. The molecule has 1 N–H and O–H groups in total. The van der Waals surface area contributed by atoms with Crippen LogP contribution in [0.1, 0.15) is 5.56 Å². The highest BCUT2D eigenvalue weighted by Crippen LogP contribution is 2.22. The lowest BCUT2D eigenvalue weighted by Crippen LogP contribution is -2.24. The van der Waals surface area contributed by atoms with Gasteiger partial charge in [0, 0.05) is 16.8 Å². The van der Waals surface area contributed by atoms with Crippen molar-refractivity contribution in [1.82, 2.24) is 15.0 Å². The zero-order valence-corrected chi connectivity index (χ0v) is 21.0. The average Bonchev–Trinajstić information content (AvgIpc) is 2.88. The molecule has 1 aromatic heterocycles. The summed E-state index contributed by atoms with van der Waals surface area (Å²) in [7, 11) is 0. The van der Waals surface area contributed by atoms with Gasteiger partial charge in [0.15, 0.2) is 5.16 Å². The highest BCUT2D eigenvalue weighted by molar-refractivity contribution is 9.10. The molecule has 0 aliphatic carbocycles. The number of amides is 1. The Hall–Kier alpha value is -4.09. The molecule has 0 spiro atoms. The maximum absolute atomic E-state index is 13.2. The number of hydrogen-bond donors (Lipinski definition) is 1. The van der Waals surface area contributed by atoms with Crippen LogP contribution in [-0.4, -0.2) is 32.3 Å². The van der Waals surface area contributed by atoms with Crippen LogP contribution < -0.4 is 11.0 Å². The van der Waals surface area contributed by atoms with E-state index in [1.54, 1.807) is 54.6 Å². The van der Waals surface area contributed by atoms with E-state index in [-0.39, 0.29) is 17.0 Å². The molecule has 3 aromatic carbocycles. The molecule has 4 aromatic rings. The lowest BCUT2D eigenvalue weighted by atomic mass is 10.2. The summed E-state index contributed by atoms with van der Waals surface area (Å²) in [6.45, 7) is 0. The van der Waals surface area contributed by atoms with Crippen LogP contribution in [0.25, 0.3) is 22.7 Å². The first kappa shape index (κ1) is 25.0. The van der Waals surface area contributed by atoms with Gasteiger partial charge in [-0.2, -0.15) is 5.10 Å². The number of para-hydroxylation sites is 2. The molecule has 0 aliphatic heterocycles. The molecule has 0 atom stereocenters. The van der Waals surface area contributed by atoms with Gasteiger partial charge in [0.2, 0.25) is 0 Å². The number of fused-ring (bicyclic) bond motifs is 1. The predicted octanol–water partition coefficient (Wildman–Crippen LogP) is 4.96. The number of thioether (sulfide) groups is 1. The van der Waals surface area contributed by atoms with Crippen LogP contribution >= 0.6 is 27.7 Å². The Morgan fingerprint density at radius 2 is 1.83 bits per heavy atom. The largest absolute Gasteiger partial charge is 0.276 e. The first-order valence-corrected chi connectivity index (χ1v) is 12.3. The zero-order chi connectivity index (χ0) is 25.5. The van der Waals surface area contributed by atoms with Gasteiger partial charge in [0.25, 0.3) is 17.2 Å². The van der Waals surface area contributed by atoms with Crippen molar-refractivity contribution in [3.05, 3.63) is 109 Å². The Bertz CT molecular complexity index is 1550. The Labute approximate surface area is 217 Å². The molecular formula is C25H18BrN5O4S. The van der Waals surface area contributed by atoms with Gasteiger partial charge in [0.1, 0.15) is 0 Å². The highest BCUT2D eigenvalue weighted by atomic mass is 79.9. The maximum Gasteiger partial charge on any atom is 0.276 e. The molecule has 1 amide bonds. The van der Waals surface area contributed by atoms with Crippen molar-refractivity contribution in [1.29, 1.82) is 0 Å². The molecule has 36 heavy (non-hydrogen) atoms. The topological polar surface area (TPSA) is 119 Å². The second-order valence-corrected chi connectivity index (χ2v) is 9.16. The van der Waals surface area contributed by atoms with Crippen molar-refractivity contribution in [2.75, 3.05) is 5.75 Å². The molecule has 0 radical (unpaired) electrons. The predicted molar refractivity (Wildman–Crippen MR) is 145 cm³/mol. The monoisotopic (exact) mass is 563 g/mol. The van der Waals surface area contributed by atoms with E-state index < -0.39 is 10.8 Å². The third-order valence-electron chi connectivity index (χ3n) is 4.92. The number of halogens is 1. The number of carbonyl (C=O) groups excluding carboxylic acids is 1. The Morgan fingerprint density at radius 1 is 1.11 bits per heavy atom. The first-order chi connectivity index (χ1) is 17.4. The number of nitro groups is 1. The minimum absolute atomic E-state index is 0.0257. The van der Waals surface area contributed by atoms with E-state index in [2.05, 4.69) is 31.4 Å². The van der Waals surface area contributed by atoms with E-state index in [1.165, 1.54) is 29.0 Å². The van der Waals surface area contributed by atoms with Crippen molar-refractivity contribution in [2.45, 2.75) is 5.16 Å². The van der Waals surface area contributed by atoms with Gasteiger partial charge in [-0.25, -0.2) is 10.4 Å². The van der Waals surface area contributed by atoms with Gasteiger partial charge in [-0.05, 0) is 54.6 Å². The lowest BCUT2D eigenvalue weighted by molar-refractivity contribution is -0.385.